The van der Waals surface area contributed by atoms with E-state index < -0.39 is 27.7 Å². The third-order valence-electron chi connectivity index (χ3n) is 7.61. The van der Waals surface area contributed by atoms with Crippen LogP contribution >= 0.6 is 0 Å². The predicted octanol–water partition coefficient (Wildman–Crippen LogP) is 3.75. The lowest BCUT2D eigenvalue weighted by atomic mass is 9.98. The number of rotatable bonds is 4. The fraction of sp³-hybridized carbons (Fsp3) is 0.500. The van der Waals surface area contributed by atoms with E-state index in [4.69, 9.17) is 0 Å². The third kappa shape index (κ3) is 5.21. The van der Waals surface area contributed by atoms with E-state index in [0.29, 0.717) is 68.1 Å². The number of carbonyl (C=O) groups excluding carboxylic acids is 1. The van der Waals surface area contributed by atoms with Crippen LogP contribution in [0, 0.1) is 19.8 Å². The molecule has 9 nitrogen and oxygen atoms in total. The molecule has 13 heteroatoms. The first-order chi connectivity index (χ1) is 18.4. The van der Waals surface area contributed by atoms with E-state index in [1.807, 2.05) is 0 Å². The number of hydrogen-bond acceptors (Lipinski definition) is 5. The number of hydrogen-bond donors (Lipinski definition) is 0. The minimum atomic E-state index is -4.41. The number of carbonyl (C=O) groups is 1. The first kappa shape index (κ1) is 27.4. The van der Waals surface area contributed by atoms with Crippen LogP contribution in [-0.4, -0.2) is 62.7 Å². The van der Waals surface area contributed by atoms with Crippen LogP contribution in [0.5, 0.6) is 0 Å². The van der Waals surface area contributed by atoms with Gasteiger partial charge in [-0.3, -0.25) is 14.2 Å². The van der Waals surface area contributed by atoms with Crippen molar-refractivity contribution in [3.8, 4) is 11.3 Å². The number of sulfonamides is 1. The average Bonchev–Trinajstić information content (AvgIpc) is 3.33. The van der Waals surface area contributed by atoms with E-state index in [1.165, 1.54) is 16.4 Å². The lowest BCUT2D eigenvalue weighted by molar-refractivity contribution is -0.138. The van der Waals surface area contributed by atoms with Gasteiger partial charge in [-0.1, -0.05) is 12.1 Å². The molecule has 4 heterocycles. The SMILES string of the molecule is Cc1nn(C)c(C)c1S(=O)(=O)N1CCCC(C(=O)N2CCCn3nc(-c4ccc(C(F)(F)F)cc4)cc3C2)C1. The van der Waals surface area contributed by atoms with Crippen LogP contribution in [0.25, 0.3) is 11.3 Å². The quantitative estimate of drug-likeness (QED) is 0.481. The molecule has 1 saturated heterocycles. The topological polar surface area (TPSA) is 93.3 Å². The van der Waals surface area contributed by atoms with Gasteiger partial charge in [-0.25, -0.2) is 8.42 Å². The van der Waals surface area contributed by atoms with Gasteiger partial charge < -0.3 is 4.90 Å². The molecule has 0 bridgehead atoms. The molecule has 39 heavy (non-hydrogen) atoms. The summed E-state index contributed by atoms with van der Waals surface area (Å²) in [7, 11) is -2.10. The number of aromatic nitrogens is 4. The Morgan fingerprint density at radius 3 is 2.38 bits per heavy atom. The van der Waals surface area contributed by atoms with Crippen molar-refractivity contribution in [3.63, 3.8) is 0 Å². The van der Waals surface area contributed by atoms with E-state index in [1.54, 1.807) is 41.2 Å². The van der Waals surface area contributed by atoms with Crippen molar-refractivity contribution in [2.75, 3.05) is 19.6 Å². The Morgan fingerprint density at radius 2 is 1.74 bits per heavy atom. The molecule has 0 N–H and O–H groups in total. The highest BCUT2D eigenvalue weighted by Crippen LogP contribution is 2.32. The van der Waals surface area contributed by atoms with Crippen molar-refractivity contribution in [1.82, 2.24) is 28.8 Å². The van der Waals surface area contributed by atoms with E-state index in [0.717, 1.165) is 17.8 Å². The monoisotopic (exact) mass is 564 g/mol. The number of aryl methyl sites for hydroxylation is 3. The van der Waals surface area contributed by atoms with E-state index in [2.05, 4.69) is 10.2 Å². The maximum Gasteiger partial charge on any atom is 0.416 e. The summed E-state index contributed by atoms with van der Waals surface area (Å²) in [5.74, 6) is -0.560. The van der Waals surface area contributed by atoms with Crippen molar-refractivity contribution < 1.29 is 26.4 Å². The van der Waals surface area contributed by atoms with Crippen molar-refractivity contribution in [2.45, 2.75) is 57.3 Å². The predicted molar refractivity (Wildman–Crippen MR) is 137 cm³/mol. The largest absolute Gasteiger partial charge is 0.416 e. The zero-order valence-electron chi connectivity index (χ0n) is 22.1. The fourth-order valence-electron chi connectivity index (χ4n) is 5.50. The van der Waals surface area contributed by atoms with E-state index in [-0.39, 0.29) is 17.3 Å². The molecule has 1 atom stereocenters. The Morgan fingerprint density at radius 1 is 1.03 bits per heavy atom. The molecular formula is C26H31F3N6O3S. The third-order valence-corrected chi connectivity index (χ3v) is 9.73. The van der Waals surface area contributed by atoms with Crippen LogP contribution in [0.15, 0.2) is 35.2 Å². The maximum absolute atomic E-state index is 13.6. The lowest BCUT2D eigenvalue weighted by Crippen LogP contribution is -2.46. The van der Waals surface area contributed by atoms with Crippen LogP contribution < -0.4 is 0 Å². The molecule has 2 aliphatic heterocycles. The van der Waals surface area contributed by atoms with Gasteiger partial charge in [0.1, 0.15) is 4.90 Å². The molecule has 1 amide bonds. The highest BCUT2D eigenvalue weighted by molar-refractivity contribution is 7.89. The highest BCUT2D eigenvalue weighted by Gasteiger charge is 2.38. The second kappa shape index (κ2) is 10.1. The van der Waals surface area contributed by atoms with Gasteiger partial charge in [0.05, 0.1) is 40.8 Å². The number of amides is 1. The second-order valence-electron chi connectivity index (χ2n) is 10.3. The van der Waals surface area contributed by atoms with Crippen LogP contribution in [0.1, 0.15) is 41.9 Å². The van der Waals surface area contributed by atoms with Gasteiger partial charge in [0.15, 0.2) is 0 Å². The minimum absolute atomic E-state index is 0.0970. The van der Waals surface area contributed by atoms with Crippen molar-refractivity contribution in [2.24, 2.45) is 13.0 Å². The Labute approximate surface area is 225 Å². The van der Waals surface area contributed by atoms with Gasteiger partial charge in [0.2, 0.25) is 15.9 Å². The molecule has 0 radical (unpaired) electrons. The smallest absolute Gasteiger partial charge is 0.336 e. The molecule has 210 valence electrons. The van der Waals surface area contributed by atoms with Crippen molar-refractivity contribution >= 4 is 15.9 Å². The zero-order valence-corrected chi connectivity index (χ0v) is 22.9. The standard InChI is InChI=1S/C26H31F3N6O3S/c1-17-24(18(2)32(3)30-17)39(37,38)34-12-4-6-20(15-34)25(36)33-11-5-13-35-22(16-33)14-23(31-35)19-7-9-21(10-8-19)26(27,28)29/h7-10,14,20H,4-6,11-13,15-16H2,1-3H3. The summed E-state index contributed by atoms with van der Waals surface area (Å²) in [5, 5.41) is 8.82. The first-order valence-corrected chi connectivity index (χ1v) is 14.3. The Kier molecular flexibility index (Phi) is 7.08. The number of halogens is 3. The minimum Gasteiger partial charge on any atom is -0.336 e. The molecule has 0 spiro atoms. The molecule has 0 saturated carbocycles. The second-order valence-corrected chi connectivity index (χ2v) is 12.1. The lowest BCUT2D eigenvalue weighted by Gasteiger charge is -2.34. The van der Waals surface area contributed by atoms with Gasteiger partial charge >= 0.3 is 6.18 Å². The molecular weight excluding hydrogens is 533 g/mol. The Balaban J connectivity index is 1.32. The fourth-order valence-corrected chi connectivity index (χ4v) is 7.42. The van der Waals surface area contributed by atoms with Gasteiger partial charge in [0, 0.05) is 38.8 Å². The molecule has 3 aromatic rings. The van der Waals surface area contributed by atoms with Crippen LogP contribution in [-0.2, 0) is 41.1 Å². The molecule has 5 rings (SSSR count). The molecule has 0 aliphatic carbocycles. The van der Waals surface area contributed by atoms with E-state index >= 15 is 0 Å². The normalized spacial score (nSPS) is 19.1. The van der Waals surface area contributed by atoms with Gasteiger partial charge in [-0.2, -0.15) is 27.7 Å². The summed E-state index contributed by atoms with van der Waals surface area (Å²) in [6.45, 7) is 5.25. The van der Waals surface area contributed by atoms with Gasteiger partial charge in [-0.15, -0.1) is 0 Å². The van der Waals surface area contributed by atoms with Crippen molar-refractivity contribution in [1.29, 1.82) is 0 Å². The summed E-state index contributed by atoms with van der Waals surface area (Å²) < 4.78 is 70.6. The number of piperidine rings is 1. The summed E-state index contributed by atoms with van der Waals surface area (Å²) in [6, 6.07) is 6.67. The Hall–Kier alpha value is -3.19. The number of benzene rings is 1. The summed E-state index contributed by atoms with van der Waals surface area (Å²) in [5.41, 5.74) is 2.18. The number of alkyl halides is 3. The number of fused-ring (bicyclic) bond motifs is 1. The van der Waals surface area contributed by atoms with Gasteiger partial charge in [0.25, 0.3) is 0 Å². The average molecular weight is 565 g/mol. The van der Waals surface area contributed by atoms with Crippen molar-refractivity contribution in [3.05, 3.63) is 53.0 Å². The molecule has 1 aromatic carbocycles. The zero-order chi connectivity index (χ0) is 28.1. The molecule has 1 unspecified atom stereocenters. The first-order valence-electron chi connectivity index (χ1n) is 12.9. The number of nitrogens with zero attached hydrogens (tertiary/aromatic N) is 6. The summed E-state index contributed by atoms with van der Waals surface area (Å²) >= 11 is 0. The van der Waals surface area contributed by atoms with E-state index in [9.17, 15) is 26.4 Å². The Bertz CT molecular complexity index is 1490. The molecule has 1 fully saturated rings. The van der Waals surface area contributed by atoms with Crippen LogP contribution in [0.4, 0.5) is 13.2 Å². The van der Waals surface area contributed by atoms with Crippen LogP contribution in [0.3, 0.4) is 0 Å². The summed E-state index contributed by atoms with van der Waals surface area (Å²) in [4.78, 5) is 15.6. The maximum atomic E-state index is 13.6. The molecule has 2 aromatic heterocycles. The summed E-state index contributed by atoms with van der Waals surface area (Å²) in [6.07, 6.45) is -2.57. The molecule has 2 aliphatic rings. The van der Waals surface area contributed by atoms with Gasteiger partial charge in [-0.05, 0) is 51.3 Å². The highest BCUT2D eigenvalue weighted by atomic mass is 32.2. The van der Waals surface area contributed by atoms with Crippen LogP contribution in [0.2, 0.25) is 0 Å².